The molecule has 0 atom stereocenters. The normalized spacial score (nSPS) is 10.3. The van der Waals surface area contributed by atoms with Crippen LogP contribution in [0.1, 0.15) is 50.0 Å². The Morgan fingerprint density at radius 1 is 1.26 bits per heavy atom. The highest BCUT2D eigenvalue weighted by molar-refractivity contribution is 5.94. The van der Waals surface area contributed by atoms with Crippen LogP contribution in [-0.2, 0) is 4.74 Å². The van der Waals surface area contributed by atoms with E-state index in [-0.39, 0.29) is 5.78 Å². The molecule has 0 spiro atoms. The van der Waals surface area contributed by atoms with Crippen LogP contribution in [0, 0.1) is 11.8 Å². The van der Waals surface area contributed by atoms with Crippen LogP contribution in [0.3, 0.4) is 0 Å². The molecule has 5 heteroatoms. The van der Waals surface area contributed by atoms with Crippen molar-refractivity contribution in [2.24, 2.45) is 0 Å². The van der Waals surface area contributed by atoms with Gasteiger partial charge in [-0.15, -0.1) is 0 Å². The third-order valence-electron chi connectivity index (χ3n) is 2.75. The van der Waals surface area contributed by atoms with Crippen molar-refractivity contribution >= 4 is 11.9 Å². The first kappa shape index (κ1) is 18.6. The van der Waals surface area contributed by atoms with Crippen LogP contribution < -0.4 is 10.1 Å². The van der Waals surface area contributed by atoms with E-state index in [4.69, 9.17) is 9.47 Å². The summed E-state index contributed by atoms with van der Waals surface area (Å²) in [6, 6.07) is 5.13. The lowest BCUT2D eigenvalue weighted by molar-refractivity contribution is 0.0529. The summed E-state index contributed by atoms with van der Waals surface area (Å²) >= 11 is 0. The SMILES string of the molecule is COc1ccc(C(C)=O)cc1C#CCCNC(=O)OC(C)(C)C. The van der Waals surface area contributed by atoms with Crippen LogP contribution in [0.15, 0.2) is 18.2 Å². The van der Waals surface area contributed by atoms with E-state index in [1.807, 2.05) is 0 Å². The van der Waals surface area contributed by atoms with E-state index in [2.05, 4.69) is 17.2 Å². The van der Waals surface area contributed by atoms with Crippen molar-refractivity contribution in [1.29, 1.82) is 0 Å². The number of nitrogens with one attached hydrogen (secondary N) is 1. The molecular weight excluding hydrogens is 294 g/mol. The number of amides is 1. The van der Waals surface area contributed by atoms with Gasteiger partial charge in [-0.3, -0.25) is 4.79 Å². The number of alkyl carbamates (subject to hydrolysis) is 1. The van der Waals surface area contributed by atoms with Crippen LogP contribution in [0.2, 0.25) is 0 Å². The first-order chi connectivity index (χ1) is 10.7. The lowest BCUT2D eigenvalue weighted by Crippen LogP contribution is -2.32. The summed E-state index contributed by atoms with van der Waals surface area (Å²) in [5, 5.41) is 2.63. The van der Waals surface area contributed by atoms with Gasteiger partial charge in [0.05, 0.1) is 12.7 Å². The van der Waals surface area contributed by atoms with Gasteiger partial charge < -0.3 is 14.8 Å². The van der Waals surface area contributed by atoms with Gasteiger partial charge in [0.25, 0.3) is 0 Å². The van der Waals surface area contributed by atoms with Crippen LogP contribution in [-0.4, -0.2) is 31.1 Å². The maximum Gasteiger partial charge on any atom is 0.407 e. The van der Waals surface area contributed by atoms with Crippen LogP contribution in [0.25, 0.3) is 0 Å². The fourth-order valence-corrected chi connectivity index (χ4v) is 1.72. The molecule has 1 aromatic rings. The standard InChI is InChI=1S/C18H23NO4/c1-13(20)14-9-10-16(22-5)15(12-14)8-6-7-11-19-17(21)23-18(2,3)4/h9-10,12H,7,11H2,1-5H3,(H,19,21). The van der Waals surface area contributed by atoms with Crippen molar-refractivity contribution in [2.45, 2.75) is 39.7 Å². The zero-order chi connectivity index (χ0) is 17.5. The van der Waals surface area contributed by atoms with Crippen molar-refractivity contribution < 1.29 is 19.1 Å². The van der Waals surface area contributed by atoms with E-state index in [1.165, 1.54) is 6.92 Å². The van der Waals surface area contributed by atoms with Gasteiger partial charge >= 0.3 is 6.09 Å². The molecule has 0 bridgehead atoms. The Bertz CT molecular complexity index is 633. The highest BCUT2D eigenvalue weighted by Gasteiger charge is 2.15. The average Bonchev–Trinajstić information content (AvgIpc) is 2.44. The second-order valence-corrected chi connectivity index (χ2v) is 5.95. The fraction of sp³-hybridized carbons (Fsp3) is 0.444. The summed E-state index contributed by atoms with van der Waals surface area (Å²) in [6.45, 7) is 7.31. The van der Waals surface area contributed by atoms with Crippen LogP contribution >= 0.6 is 0 Å². The minimum atomic E-state index is -0.518. The molecule has 0 saturated carbocycles. The summed E-state index contributed by atoms with van der Waals surface area (Å²) in [4.78, 5) is 22.9. The van der Waals surface area contributed by atoms with Crippen molar-refractivity contribution in [1.82, 2.24) is 5.32 Å². The number of methoxy groups -OCH3 is 1. The molecule has 1 aromatic carbocycles. The van der Waals surface area contributed by atoms with Gasteiger partial charge in [0.1, 0.15) is 11.4 Å². The third kappa shape index (κ3) is 6.88. The van der Waals surface area contributed by atoms with Crippen molar-refractivity contribution in [3.63, 3.8) is 0 Å². The molecule has 0 aromatic heterocycles. The monoisotopic (exact) mass is 317 g/mol. The Morgan fingerprint density at radius 2 is 1.96 bits per heavy atom. The maximum absolute atomic E-state index is 11.5. The second-order valence-electron chi connectivity index (χ2n) is 5.95. The Labute approximate surface area is 137 Å². The van der Waals surface area contributed by atoms with Gasteiger partial charge in [-0.05, 0) is 45.9 Å². The average molecular weight is 317 g/mol. The number of carbonyl (C=O) groups excluding carboxylic acids is 2. The predicted molar refractivity (Wildman–Crippen MR) is 88.7 cm³/mol. The van der Waals surface area contributed by atoms with E-state index < -0.39 is 11.7 Å². The van der Waals surface area contributed by atoms with E-state index in [0.29, 0.717) is 29.8 Å². The first-order valence-electron chi connectivity index (χ1n) is 7.37. The smallest absolute Gasteiger partial charge is 0.407 e. The zero-order valence-electron chi connectivity index (χ0n) is 14.3. The molecule has 0 aliphatic heterocycles. The van der Waals surface area contributed by atoms with E-state index in [1.54, 1.807) is 46.1 Å². The molecule has 0 unspecified atom stereocenters. The quantitative estimate of drug-likeness (QED) is 0.526. The van der Waals surface area contributed by atoms with Gasteiger partial charge in [-0.25, -0.2) is 4.79 Å². The van der Waals surface area contributed by atoms with Crippen molar-refractivity contribution in [3.8, 4) is 17.6 Å². The lowest BCUT2D eigenvalue weighted by Gasteiger charge is -2.19. The minimum Gasteiger partial charge on any atom is -0.495 e. The summed E-state index contributed by atoms with van der Waals surface area (Å²) < 4.78 is 10.4. The summed E-state index contributed by atoms with van der Waals surface area (Å²) in [7, 11) is 1.55. The highest BCUT2D eigenvalue weighted by Crippen LogP contribution is 2.19. The molecule has 124 valence electrons. The fourth-order valence-electron chi connectivity index (χ4n) is 1.72. The molecule has 23 heavy (non-hydrogen) atoms. The summed E-state index contributed by atoms with van der Waals surface area (Å²) in [5.74, 6) is 6.50. The molecular formula is C18H23NO4. The molecule has 1 rings (SSSR count). The largest absolute Gasteiger partial charge is 0.495 e. The molecule has 0 aliphatic carbocycles. The Balaban J connectivity index is 2.61. The lowest BCUT2D eigenvalue weighted by atomic mass is 10.1. The second kappa shape index (κ2) is 8.23. The summed E-state index contributed by atoms with van der Waals surface area (Å²) in [6.07, 6.45) is 0.00244. The van der Waals surface area contributed by atoms with E-state index in [9.17, 15) is 9.59 Å². The summed E-state index contributed by atoms with van der Waals surface area (Å²) in [5.41, 5.74) is 0.718. The van der Waals surface area contributed by atoms with Crippen molar-refractivity contribution in [3.05, 3.63) is 29.3 Å². The van der Waals surface area contributed by atoms with Crippen molar-refractivity contribution in [2.75, 3.05) is 13.7 Å². The maximum atomic E-state index is 11.5. The molecule has 0 fully saturated rings. The van der Waals surface area contributed by atoms with Gasteiger partial charge in [0.2, 0.25) is 0 Å². The van der Waals surface area contributed by atoms with Gasteiger partial charge in [-0.2, -0.15) is 0 Å². The number of ketones is 1. The number of rotatable bonds is 4. The van der Waals surface area contributed by atoms with Crippen LogP contribution in [0.4, 0.5) is 4.79 Å². The molecule has 1 N–H and O–H groups in total. The predicted octanol–water partition coefficient (Wildman–Crippen LogP) is 3.16. The third-order valence-corrected chi connectivity index (χ3v) is 2.75. The Hall–Kier alpha value is -2.48. The van der Waals surface area contributed by atoms with E-state index in [0.717, 1.165) is 0 Å². The minimum absolute atomic E-state index is 0.0257. The molecule has 0 radical (unpaired) electrons. The number of ether oxygens (including phenoxy) is 2. The number of carbonyl (C=O) groups is 2. The van der Waals surface area contributed by atoms with Gasteiger partial charge in [-0.1, -0.05) is 11.8 Å². The van der Waals surface area contributed by atoms with Gasteiger partial charge in [0, 0.05) is 18.5 Å². The Kier molecular flexibility index (Phi) is 6.65. The van der Waals surface area contributed by atoms with Crippen LogP contribution in [0.5, 0.6) is 5.75 Å². The molecule has 5 nitrogen and oxygen atoms in total. The first-order valence-corrected chi connectivity index (χ1v) is 7.37. The molecule has 0 saturated heterocycles. The molecule has 0 aliphatic rings. The Morgan fingerprint density at radius 3 is 2.52 bits per heavy atom. The van der Waals surface area contributed by atoms with E-state index >= 15 is 0 Å². The number of benzene rings is 1. The highest BCUT2D eigenvalue weighted by atomic mass is 16.6. The molecule has 1 amide bonds. The zero-order valence-corrected chi connectivity index (χ0v) is 14.3. The topological polar surface area (TPSA) is 64.6 Å². The van der Waals surface area contributed by atoms with Gasteiger partial charge in [0.15, 0.2) is 5.78 Å². The number of hydrogen-bond donors (Lipinski definition) is 1. The number of Topliss-reactive ketones (excluding diaryl/α,β-unsaturated/α-hetero) is 1. The molecule has 0 heterocycles. The number of hydrogen-bond acceptors (Lipinski definition) is 4.